The number of nitrogens with zero attached hydrogens (tertiary/aromatic N) is 1. The van der Waals surface area contributed by atoms with Crippen LogP contribution in [0.3, 0.4) is 0 Å². The maximum absolute atomic E-state index is 12.0. The van der Waals surface area contributed by atoms with Crippen LogP contribution in [0, 0.1) is 5.92 Å². The quantitative estimate of drug-likeness (QED) is 0.679. The minimum Gasteiger partial charge on any atom is -0.481 e. The van der Waals surface area contributed by atoms with Crippen LogP contribution in [0.4, 0.5) is 4.79 Å². The summed E-state index contributed by atoms with van der Waals surface area (Å²) >= 11 is 0. The summed E-state index contributed by atoms with van der Waals surface area (Å²) in [5.41, 5.74) is 0. The Kier molecular flexibility index (Phi) is 4.06. The van der Waals surface area contributed by atoms with Crippen molar-refractivity contribution in [2.45, 2.75) is 44.2 Å². The molecule has 0 spiro atoms. The Morgan fingerprint density at radius 1 is 1.22 bits per heavy atom. The van der Waals surface area contributed by atoms with Gasteiger partial charge in [-0.3, -0.25) is 4.79 Å². The SMILES string of the molecule is O=C(O)CC(NC(=O)N1CCC(O)CC1)C1CC1. The Morgan fingerprint density at radius 3 is 2.33 bits per heavy atom. The van der Waals surface area contributed by atoms with E-state index in [-0.39, 0.29) is 24.6 Å². The van der Waals surface area contributed by atoms with Gasteiger partial charge in [0.2, 0.25) is 0 Å². The molecule has 1 aliphatic heterocycles. The van der Waals surface area contributed by atoms with Crippen LogP contribution in [0.1, 0.15) is 32.1 Å². The van der Waals surface area contributed by atoms with Crippen molar-refractivity contribution in [1.29, 1.82) is 0 Å². The Balaban J connectivity index is 1.82. The molecule has 2 aliphatic rings. The lowest BCUT2D eigenvalue weighted by Gasteiger charge is -2.31. The van der Waals surface area contributed by atoms with Crippen LogP contribution < -0.4 is 5.32 Å². The molecular formula is C12H20N2O4. The zero-order valence-corrected chi connectivity index (χ0v) is 10.3. The molecule has 2 amide bonds. The largest absolute Gasteiger partial charge is 0.481 e. The maximum Gasteiger partial charge on any atom is 0.317 e. The van der Waals surface area contributed by atoms with Crippen LogP contribution in [-0.2, 0) is 4.79 Å². The summed E-state index contributed by atoms with van der Waals surface area (Å²) in [4.78, 5) is 24.4. The predicted octanol–water partition coefficient (Wildman–Crippen LogP) is 0.406. The normalized spacial score (nSPS) is 22.6. The molecule has 1 saturated heterocycles. The number of carbonyl (C=O) groups is 2. The van der Waals surface area contributed by atoms with E-state index in [1.807, 2.05) is 0 Å². The molecule has 1 aliphatic carbocycles. The van der Waals surface area contributed by atoms with Crippen molar-refractivity contribution in [2.75, 3.05) is 13.1 Å². The Labute approximate surface area is 106 Å². The van der Waals surface area contributed by atoms with Gasteiger partial charge in [-0.1, -0.05) is 0 Å². The molecule has 2 rings (SSSR count). The van der Waals surface area contributed by atoms with Gasteiger partial charge in [0.15, 0.2) is 0 Å². The Bertz CT molecular complexity index is 322. The maximum atomic E-state index is 12.0. The molecule has 1 heterocycles. The third kappa shape index (κ3) is 3.60. The summed E-state index contributed by atoms with van der Waals surface area (Å²) in [5, 5.41) is 21.0. The van der Waals surface area contributed by atoms with E-state index >= 15 is 0 Å². The van der Waals surface area contributed by atoms with Gasteiger partial charge in [0.1, 0.15) is 0 Å². The fraction of sp³-hybridized carbons (Fsp3) is 0.833. The van der Waals surface area contributed by atoms with Crippen LogP contribution in [0.15, 0.2) is 0 Å². The van der Waals surface area contributed by atoms with Gasteiger partial charge in [-0.25, -0.2) is 4.79 Å². The number of carbonyl (C=O) groups excluding carboxylic acids is 1. The van der Waals surface area contributed by atoms with E-state index in [1.54, 1.807) is 4.90 Å². The van der Waals surface area contributed by atoms with Crippen molar-refractivity contribution in [1.82, 2.24) is 10.2 Å². The molecule has 1 saturated carbocycles. The van der Waals surface area contributed by atoms with Gasteiger partial charge >= 0.3 is 12.0 Å². The van der Waals surface area contributed by atoms with Gasteiger partial charge in [0.25, 0.3) is 0 Å². The molecule has 102 valence electrons. The first-order valence-electron chi connectivity index (χ1n) is 6.51. The first-order valence-corrected chi connectivity index (χ1v) is 6.51. The fourth-order valence-electron chi connectivity index (χ4n) is 2.34. The van der Waals surface area contributed by atoms with Crippen molar-refractivity contribution < 1.29 is 19.8 Å². The molecule has 6 heteroatoms. The zero-order valence-electron chi connectivity index (χ0n) is 10.3. The molecule has 18 heavy (non-hydrogen) atoms. The number of hydrogen-bond acceptors (Lipinski definition) is 3. The highest BCUT2D eigenvalue weighted by Gasteiger charge is 2.35. The first-order chi connectivity index (χ1) is 8.56. The lowest BCUT2D eigenvalue weighted by molar-refractivity contribution is -0.137. The molecule has 6 nitrogen and oxygen atoms in total. The van der Waals surface area contributed by atoms with Gasteiger partial charge in [0, 0.05) is 19.1 Å². The van der Waals surface area contributed by atoms with Crippen LogP contribution in [-0.4, -0.2) is 52.3 Å². The summed E-state index contributed by atoms with van der Waals surface area (Å²) in [6.45, 7) is 1.08. The number of nitrogens with one attached hydrogen (secondary N) is 1. The minimum atomic E-state index is -0.874. The number of rotatable bonds is 4. The number of carboxylic acids is 1. The highest BCUT2D eigenvalue weighted by molar-refractivity contribution is 5.76. The second-order valence-electron chi connectivity index (χ2n) is 5.21. The van der Waals surface area contributed by atoms with Gasteiger partial charge in [-0.2, -0.15) is 0 Å². The van der Waals surface area contributed by atoms with Gasteiger partial charge in [-0.05, 0) is 31.6 Å². The van der Waals surface area contributed by atoms with Crippen molar-refractivity contribution in [3.05, 3.63) is 0 Å². The summed E-state index contributed by atoms with van der Waals surface area (Å²) < 4.78 is 0. The molecule has 1 atom stereocenters. The number of aliphatic hydroxyl groups is 1. The molecule has 0 bridgehead atoms. The fourth-order valence-corrected chi connectivity index (χ4v) is 2.34. The van der Waals surface area contributed by atoms with E-state index in [0.717, 1.165) is 12.8 Å². The molecule has 0 aromatic rings. The van der Waals surface area contributed by atoms with E-state index in [4.69, 9.17) is 5.11 Å². The monoisotopic (exact) mass is 256 g/mol. The van der Waals surface area contributed by atoms with Crippen molar-refractivity contribution in [2.24, 2.45) is 5.92 Å². The number of likely N-dealkylation sites (tertiary alicyclic amines) is 1. The number of hydrogen-bond donors (Lipinski definition) is 3. The smallest absolute Gasteiger partial charge is 0.317 e. The third-order valence-corrected chi connectivity index (χ3v) is 3.65. The van der Waals surface area contributed by atoms with Gasteiger partial charge in [-0.15, -0.1) is 0 Å². The summed E-state index contributed by atoms with van der Waals surface area (Å²) in [5.74, 6) is -0.554. The number of amides is 2. The topological polar surface area (TPSA) is 89.9 Å². The lowest BCUT2D eigenvalue weighted by Crippen LogP contribution is -2.49. The van der Waals surface area contributed by atoms with Crippen molar-refractivity contribution in [3.8, 4) is 0 Å². The Morgan fingerprint density at radius 2 is 1.83 bits per heavy atom. The van der Waals surface area contributed by atoms with Crippen molar-refractivity contribution >= 4 is 12.0 Å². The summed E-state index contributed by atoms with van der Waals surface area (Å²) in [6, 6.07) is -0.443. The zero-order chi connectivity index (χ0) is 13.1. The average molecular weight is 256 g/mol. The molecule has 0 aromatic carbocycles. The number of urea groups is 1. The second kappa shape index (κ2) is 5.56. The first kappa shape index (κ1) is 13.1. The van der Waals surface area contributed by atoms with Crippen molar-refractivity contribution in [3.63, 3.8) is 0 Å². The molecule has 2 fully saturated rings. The van der Waals surface area contributed by atoms with E-state index < -0.39 is 5.97 Å². The molecular weight excluding hydrogens is 236 g/mol. The van der Waals surface area contributed by atoms with E-state index in [9.17, 15) is 14.7 Å². The summed E-state index contributed by atoms with van der Waals surface area (Å²) in [6.07, 6.45) is 2.87. The molecule has 0 radical (unpaired) electrons. The highest BCUT2D eigenvalue weighted by Crippen LogP contribution is 2.34. The number of carboxylic acid groups (broad SMARTS) is 1. The van der Waals surface area contributed by atoms with Gasteiger partial charge < -0.3 is 20.4 Å². The Hall–Kier alpha value is -1.30. The summed E-state index contributed by atoms with van der Waals surface area (Å²) in [7, 11) is 0. The standard InChI is InChI=1S/C12H20N2O4/c15-9-3-5-14(6-4-9)12(18)13-10(7-11(16)17)8-1-2-8/h8-10,15H,1-7H2,(H,13,18)(H,16,17). The van der Waals surface area contributed by atoms with Crippen LogP contribution in [0.25, 0.3) is 0 Å². The average Bonchev–Trinajstić information content (AvgIpc) is 3.12. The molecule has 3 N–H and O–H groups in total. The minimum absolute atomic E-state index is 0.00707. The number of piperidine rings is 1. The van der Waals surface area contributed by atoms with Crippen LogP contribution >= 0.6 is 0 Å². The van der Waals surface area contributed by atoms with E-state index in [0.29, 0.717) is 31.8 Å². The third-order valence-electron chi connectivity index (χ3n) is 3.65. The number of aliphatic carboxylic acids is 1. The lowest BCUT2D eigenvalue weighted by atomic mass is 10.1. The van der Waals surface area contributed by atoms with Gasteiger partial charge in [0.05, 0.1) is 12.5 Å². The predicted molar refractivity (Wildman–Crippen MR) is 64.1 cm³/mol. The molecule has 1 unspecified atom stereocenters. The highest BCUT2D eigenvalue weighted by atomic mass is 16.4. The van der Waals surface area contributed by atoms with Crippen LogP contribution in [0.5, 0.6) is 0 Å². The van der Waals surface area contributed by atoms with E-state index in [1.165, 1.54) is 0 Å². The second-order valence-corrected chi connectivity index (χ2v) is 5.21. The number of aliphatic hydroxyl groups excluding tert-OH is 1. The van der Waals surface area contributed by atoms with Crippen LogP contribution in [0.2, 0.25) is 0 Å². The van der Waals surface area contributed by atoms with E-state index in [2.05, 4.69) is 5.32 Å². The molecule has 0 aromatic heterocycles.